The average molecular weight is 502 g/mol. The minimum absolute atomic E-state index is 0.0381. The second kappa shape index (κ2) is 8.62. The average Bonchev–Trinajstić information content (AvgIpc) is 3.38. The van der Waals surface area contributed by atoms with Crippen molar-refractivity contribution in [3.8, 4) is 11.3 Å². The summed E-state index contributed by atoms with van der Waals surface area (Å²) in [4.78, 5) is 12.6. The van der Waals surface area contributed by atoms with Gasteiger partial charge in [-0.25, -0.2) is 9.97 Å². The van der Waals surface area contributed by atoms with Crippen molar-refractivity contribution in [2.24, 2.45) is 20.7 Å². The molecule has 0 bridgehead atoms. The maximum absolute atomic E-state index is 13.5. The third-order valence-corrected chi connectivity index (χ3v) is 5.17. The number of aromatic nitrogens is 3. The first-order valence-corrected chi connectivity index (χ1v) is 10.2. The molecule has 36 heavy (non-hydrogen) atoms. The summed E-state index contributed by atoms with van der Waals surface area (Å²) in [5.74, 6) is 0.215. The Morgan fingerprint density at radius 3 is 2.17 bits per heavy atom. The number of nitrogens with one attached hydrogen (secondary N) is 1. The lowest BCUT2D eigenvalue weighted by Gasteiger charge is -2.14. The summed E-state index contributed by atoms with van der Waals surface area (Å²) < 4.78 is 79.3. The van der Waals surface area contributed by atoms with Gasteiger partial charge in [0.1, 0.15) is 5.82 Å². The third kappa shape index (κ3) is 4.56. The Bertz CT molecular complexity index is 1480. The van der Waals surface area contributed by atoms with Gasteiger partial charge < -0.3 is 5.32 Å². The molecule has 1 aliphatic rings. The van der Waals surface area contributed by atoms with E-state index in [2.05, 4.69) is 40.9 Å². The largest absolute Gasteiger partial charge is 0.418 e. The van der Waals surface area contributed by atoms with Crippen LogP contribution in [-0.4, -0.2) is 15.0 Å². The standard InChI is InChI=1S/C22H12F6N8/c23-21(24,25)12-4-6-13(7-5-12)30-18-14-8-3-11(17-15(22(26,27)28)2-1-9-29-17)10-16(14)31-19(32-18)20-33-35-36-34-20/h1-10,20H,(H,30,31,32). The van der Waals surface area contributed by atoms with E-state index in [1.54, 1.807) is 0 Å². The van der Waals surface area contributed by atoms with Crippen molar-refractivity contribution in [3.05, 3.63) is 77.7 Å². The fraction of sp³-hybridized carbons (Fsp3) is 0.136. The van der Waals surface area contributed by atoms with E-state index in [0.29, 0.717) is 5.39 Å². The number of halogens is 6. The van der Waals surface area contributed by atoms with Crippen LogP contribution in [0.4, 0.5) is 37.8 Å². The number of anilines is 2. The molecular formula is C22H12F6N8. The van der Waals surface area contributed by atoms with Gasteiger partial charge in [0.15, 0.2) is 5.82 Å². The SMILES string of the molecule is FC(F)(F)c1ccc(Nc2nc(C3N=NN=N3)nc3cc(-c4ncccc4C(F)(F)F)ccc23)cc1. The van der Waals surface area contributed by atoms with Crippen molar-refractivity contribution >= 4 is 22.4 Å². The number of hydrogen-bond donors (Lipinski definition) is 1. The molecule has 0 atom stereocenters. The number of alkyl halides is 6. The van der Waals surface area contributed by atoms with Crippen LogP contribution >= 0.6 is 0 Å². The van der Waals surface area contributed by atoms with Crippen LogP contribution in [-0.2, 0) is 12.4 Å². The molecule has 0 aliphatic carbocycles. The van der Waals surface area contributed by atoms with E-state index in [4.69, 9.17) is 0 Å². The van der Waals surface area contributed by atoms with Crippen LogP contribution in [0.25, 0.3) is 22.2 Å². The van der Waals surface area contributed by atoms with Crippen LogP contribution in [0.2, 0.25) is 0 Å². The molecule has 0 amide bonds. The van der Waals surface area contributed by atoms with Gasteiger partial charge in [-0.3, -0.25) is 4.98 Å². The zero-order valence-corrected chi connectivity index (χ0v) is 17.7. The Balaban J connectivity index is 1.61. The van der Waals surface area contributed by atoms with Gasteiger partial charge in [-0.15, -0.1) is 10.2 Å². The number of benzene rings is 2. The van der Waals surface area contributed by atoms with Gasteiger partial charge in [-0.2, -0.15) is 26.3 Å². The molecule has 2 aromatic carbocycles. The van der Waals surface area contributed by atoms with E-state index >= 15 is 0 Å². The molecule has 0 saturated carbocycles. The first-order chi connectivity index (χ1) is 17.1. The summed E-state index contributed by atoms with van der Waals surface area (Å²) in [6, 6.07) is 10.7. The quantitative estimate of drug-likeness (QED) is 0.296. The van der Waals surface area contributed by atoms with E-state index < -0.39 is 29.6 Å². The van der Waals surface area contributed by atoms with Crippen molar-refractivity contribution in [1.29, 1.82) is 0 Å². The molecule has 0 unspecified atom stereocenters. The number of pyridine rings is 1. The predicted octanol–water partition coefficient (Wildman–Crippen LogP) is 7.30. The second-order valence-electron chi connectivity index (χ2n) is 7.54. The molecule has 0 fully saturated rings. The van der Waals surface area contributed by atoms with E-state index in [1.165, 1.54) is 42.6 Å². The van der Waals surface area contributed by atoms with Crippen LogP contribution < -0.4 is 5.32 Å². The van der Waals surface area contributed by atoms with E-state index in [0.717, 1.165) is 18.2 Å². The van der Waals surface area contributed by atoms with Crippen LogP contribution in [0.15, 0.2) is 81.5 Å². The normalized spacial score (nSPS) is 14.1. The van der Waals surface area contributed by atoms with Gasteiger partial charge in [0, 0.05) is 22.8 Å². The molecule has 8 nitrogen and oxygen atoms in total. The highest BCUT2D eigenvalue weighted by Crippen LogP contribution is 2.38. The lowest BCUT2D eigenvalue weighted by Crippen LogP contribution is -2.08. The van der Waals surface area contributed by atoms with Crippen molar-refractivity contribution < 1.29 is 26.3 Å². The molecule has 0 spiro atoms. The van der Waals surface area contributed by atoms with Gasteiger partial charge in [0.25, 0.3) is 0 Å². The molecule has 0 radical (unpaired) electrons. The summed E-state index contributed by atoms with van der Waals surface area (Å²) in [7, 11) is 0. The van der Waals surface area contributed by atoms with Crippen LogP contribution in [0.1, 0.15) is 23.1 Å². The van der Waals surface area contributed by atoms with Gasteiger partial charge in [0.05, 0.1) is 22.3 Å². The second-order valence-corrected chi connectivity index (χ2v) is 7.54. The fourth-order valence-electron chi connectivity index (χ4n) is 3.52. The van der Waals surface area contributed by atoms with Gasteiger partial charge in [-0.1, -0.05) is 6.07 Å². The molecular weight excluding hydrogens is 490 g/mol. The monoisotopic (exact) mass is 502 g/mol. The Morgan fingerprint density at radius 1 is 0.778 bits per heavy atom. The summed E-state index contributed by atoms with van der Waals surface area (Å²) in [5.41, 5.74) is -1.37. The van der Waals surface area contributed by atoms with Gasteiger partial charge in [-0.05, 0) is 59.0 Å². The van der Waals surface area contributed by atoms with E-state index in [1.807, 2.05) is 0 Å². The fourth-order valence-corrected chi connectivity index (χ4v) is 3.52. The summed E-state index contributed by atoms with van der Waals surface area (Å²) >= 11 is 0. The number of hydrogen-bond acceptors (Lipinski definition) is 8. The Morgan fingerprint density at radius 2 is 1.50 bits per heavy atom. The highest BCUT2D eigenvalue weighted by Gasteiger charge is 2.34. The van der Waals surface area contributed by atoms with E-state index in [-0.39, 0.29) is 34.1 Å². The van der Waals surface area contributed by atoms with Gasteiger partial charge >= 0.3 is 12.4 Å². The maximum Gasteiger partial charge on any atom is 0.418 e. The Kier molecular flexibility index (Phi) is 5.57. The van der Waals surface area contributed by atoms with Crippen molar-refractivity contribution in [2.45, 2.75) is 18.5 Å². The van der Waals surface area contributed by atoms with Crippen LogP contribution in [0, 0.1) is 0 Å². The first-order valence-electron chi connectivity index (χ1n) is 10.2. The number of fused-ring (bicyclic) bond motifs is 1. The lowest BCUT2D eigenvalue weighted by atomic mass is 10.0. The van der Waals surface area contributed by atoms with Crippen molar-refractivity contribution in [3.63, 3.8) is 0 Å². The topological polar surface area (TPSA) is 100 Å². The molecule has 2 aromatic heterocycles. The number of rotatable bonds is 4. The number of nitrogens with zero attached hydrogens (tertiary/aromatic N) is 7. The Labute approximate surface area is 197 Å². The molecule has 182 valence electrons. The van der Waals surface area contributed by atoms with E-state index in [9.17, 15) is 26.3 Å². The molecule has 1 aliphatic heterocycles. The highest BCUT2D eigenvalue weighted by molar-refractivity contribution is 5.93. The molecule has 3 heterocycles. The molecule has 0 saturated heterocycles. The maximum atomic E-state index is 13.5. The summed E-state index contributed by atoms with van der Waals surface area (Å²) in [6.07, 6.45) is -8.86. The molecule has 4 aromatic rings. The highest BCUT2D eigenvalue weighted by atomic mass is 19.4. The smallest absolute Gasteiger partial charge is 0.340 e. The molecule has 1 N–H and O–H groups in total. The molecule has 5 rings (SSSR count). The summed E-state index contributed by atoms with van der Waals surface area (Å²) in [6.45, 7) is 0. The predicted molar refractivity (Wildman–Crippen MR) is 115 cm³/mol. The van der Waals surface area contributed by atoms with Crippen molar-refractivity contribution in [2.75, 3.05) is 5.32 Å². The van der Waals surface area contributed by atoms with Gasteiger partial charge in [0.2, 0.25) is 6.17 Å². The van der Waals surface area contributed by atoms with Crippen LogP contribution in [0.3, 0.4) is 0 Å². The zero-order valence-electron chi connectivity index (χ0n) is 17.7. The molecule has 14 heteroatoms. The zero-order chi connectivity index (χ0) is 25.5. The van der Waals surface area contributed by atoms with Crippen LogP contribution in [0.5, 0.6) is 0 Å². The minimum Gasteiger partial charge on any atom is -0.340 e. The summed E-state index contributed by atoms with van der Waals surface area (Å²) in [5, 5.41) is 17.7. The van der Waals surface area contributed by atoms with Crippen molar-refractivity contribution in [1.82, 2.24) is 15.0 Å². The lowest BCUT2D eigenvalue weighted by molar-refractivity contribution is -0.138. The Hall–Kier alpha value is -4.49. The first kappa shape index (κ1) is 23.3. The third-order valence-electron chi connectivity index (χ3n) is 5.17. The minimum atomic E-state index is -4.63.